The fourth-order valence-electron chi connectivity index (χ4n) is 4.28. The van der Waals surface area contributed by atoms with Gasteiger partial charge >= 0.3 is 18.1 Å². The van der Waals surface area contributed by atoms with Gasteiger partial charge in [-0.1, -0.05) is 29.8 Å². The molecule has 184 valence electrons. The second-order valence-corrected chi connectivity index (χ2v) is 10.3. The molecule has 2 aromatic carbocycles. The Bertz CT molecular complexity index is 1450. The summed E-state index contributed by atoms with van der Waals surface area (Å²) in [5, 5.41) is 17.4. The average molecular weight is 528 g/mol. The van der Waals surface area contributed by atoms with E-state index in [1.807, 2.05) is 0 Å². The number of benzene rings is 2. The number of aromatic amines is 1. The number of hydrogen-bond donors (Lipinski definition) is 3. The van der Waals surface area contributed by atoms with Crippen molar-refractivity contribution in [1.82, 2.24) is 4.98 Å². The third-order valence-corrected chi connectivity index (χ3v) is 8.18. The van der Waals surface area contributed by atoms with Gasteiger partial charge in [-0.25, -0.2) is 13.2 Å². The molecule has 3 N–H and O–H groups in total. The Labute approximate surface area is 202 Å². The molecule has 1 aromatic heterocycles. The Morgan fingerprint density at radius 3 is 2.29 bits per heavy atom. The van der Waals surface area contributed by atoms with E-state index in [4.69, 9.17) is 11.6 Å². The van der Waals surface area contributed by atoms with Gasteiger partial charge in [-0.2, -0.15) is 13.2 Å². The van der Waals surface area contributed by atoms with Crippen LogP contribution in [0.4, 0.5) is 13.2 Å². The molecule has 12 heteroatoms. The van der Waals surface area contributed by atoms with Crippen molar-refractivity contribution in [2.75, 3.05) is 0 Å². The van der Waals surface area contributed by atoms with Crippen LogP contribution in [-0.2, 0) is 33.6 Å². The minimum absolute atomic E-state index is 0.0466. The van der Waals surface area contributed by atoms with Crippen LogP contribution in [0, 0.1) is 5.92 Å². The number of aromatic carboxylic acids is 1. The van der Waals surface area contributed by atoms with E-state index in [2.05, 4.69) is 4.98 Å². The van der Waals surface area contributed by atoms with Crippen molar-refractivity contribution in [2.24, 2.45) is 5.92 Å². The molecule has 0 saturated heterocycles. The van der Waals surface area contributed by atoms with E-state index in [0.29, 0.717) is 11.6 Å². The highest BCUT2D eigenvalue weighted by Crippen LogP contribution is 2.44. The molecule has 1 heterocycles. The smallest absolute Gasteiger partial charge is 0.417 e. The Hall–Kier alpha value is -3.31. The second kappa shape index (κ2) is 8.72. The molecule has 1 aliphatic carbocycles. The van der Waals surface area contributed by atoms with Crippen LogP contribution in [0.5, 0.6) is 0 Å². The molecule has 1 unspecified atom stereocenters. The van der Waals surface area contributed by atoms with Crippen LogP contribution in [-0.4, -0.2) is 35.6 Å². The molecule has 0 bridgehead atoms. The van der Waals surface area contributed by atoms with E-state index in [0.717, 1.165) is 12.1 Å². The minimum atomic E-state index is -5.02. The first-order valence-corrected chi connectivity index (χ1v) is 12.1. The molecule has 0 amide bonds. The summed E-state index contributed by atoms with van der Waals surface area (Å²) >= 11 is 5.98. The number of carboxylic acids is 2. The summed E-state index contributed by atoms with van der Waals surface area (Å²) in [6.07, 6.45) is -4.71. The number of fused-ring (bicyclic) bond motifs is 1. The van der Waals surface area contributed by atoms with Crippen molar-refractivity contribution < 1.29 is 41.4 Å². The lowest BCUT2D eigenvalue weighted by molar-refractivity contribution is -0.142. The van der Waals surface area contributed by atoms with Gasteiger partial charge in [0.05, 0.1) is 22.1 Å². The van der Waals surface area contributed by atoms with Crippen LogP contribution in [0.1, 0.15) is 33.6 Å². The maximum atomic E-state index is 13.7. The third kappa shape index (κ3) is 4.41. The summed E-state index contributed by atoms with van der Waals surface area (Å²) in [6, 6.07) is 7.84. The van der Waals surface area contributed by atoms with Crippen LogP contribution < -0.4 is 0 Å². The Morgan fingerprint density at radius 2 is 1.71 bits per heavy atom. The van der Waals surface area contributed by atoms with Gasteiger partial charge in [-0.3, -0.25) is 4.79 Å². The normalized spacial score (nSPS) is 16.1. The van der Waals surface area contributed by atoms with Crippen LogP contribution in [0.25, 0.3) is 11.1 Å². The fraction of sp³-hybridized carbons (Fsp3) is 0.217. The van der Waals surface area contributed by atoms with Gasteiger partial charge in [0.1, 0.15) is 9.92 Å². The summed E-state index contributed by atoms with van der Waals surface area (Å²) in [4.78, 5) is 24.3. The third-order valence-electron chi connectivity index (χ3n) is 5.93. The van der Waals surface area contributed by atoms with E-state index in [1.165, 1.54) is 24.3 Å². The van der Waals surface area contributed by atoms with E-state index in [1.54, 1.807) is 0 Å². The van der Waals surface area contributed by atoms with Crippen LogP contribution >= 0.6 is 11.6 Å². The largest absolute Gasteiger partial charge is 0.481 e. The average Bonchev–Trinajstić information content (AvgIpc) is 3.18. The summed E-state index contributed by atoms with van der Waals surface area (Å²) in [6.45, 7) is 0. The molecule has 0 radical (unpaired) electrons. The lowest BCUT2D eigenvalue weighted by atomic mass is 9.85. The van der Waals surface area contributed by atoms with Crippen molar-refractivity contribution in [3.8, 4) is 11.1 Å². The molecule has 0 aliphatic heterocycles. The number of hydrogen-bond acceptors (Lipinski definition) is 4. The highest BCUT2D eigenvalue weighted by molar-refractivity contribution is 7.91. The zero-order valence-corrected chi connectivity index (χ0v) is 19.3. The van der Waals surface area contributed by atoms with Gasteiger partial charge in [0.2, 0.25) is 9.84 Å². The SMILES string of the molecule is O=C(O)c1ccc(-c2c(S(=O)(=O)c3c(Cl)cccc3C(F)(F)F)[nH]c3c2CCC(C(=O)O)C3)cc1. The number of rotatable bonds is 5. The van der Waals surface area contributed by atoms with Gasteiger partial charge in [-0.15, -0.1) is 0 Å². The Morgan fingerprint density at radius 1 is 1.06 bits per heavy atom. The number of halogens is 4. The van der Waals surface area contributed by atoms with Crippen molar-refractivity contribution in [3.63, 3.8) is 0 Å². The topological polar surface area (TPSA) is 125 Å². The number of aromatic nitrogens is 1. The van der Waals surface area contributed by atoms with E-state index in [-0.39, 0.29) is 41.6 Å². The lowest BCUT2D eigenvalue weighted by Crippen LogP contribution is -2.22. The predicted molar refractivity (Wildman–Crippen MR) is 118 cm³/mol. The van der Waals surface area contributed by atoms with Crippen molar-refractivity contribution in [2.45, 2.75) is 35.4 Å². The summed E-state index contributed by atoms with van der Waals surface area (Å²) < 4.78 is 68.6. The van der Waals surface area contributed by atoms with Gasteiger partial charge in [0, 0.05) is 17.7 Å². The maximum absolute atomic E-state index is 13.7. The molecule has 0 spiro atoms. The summed E-state index contributed by atoms with van der Waals surface area (Å²) in [5.74, 6) is -3.09. The molecule has 3 aromatic rings. The predicted octanol–water partition coefficient (Wildman–Crippen LogP) is 5.07. The Balaban J connectivity index is 2.00. The number of aliphatic carboxylic acids is 1. The van der Waals surface area contributed by atoms with Crippen molar-refractivity contribution >= 4 is 33.4 Å². The summed E-state index contributed by atoms with van der Waals surface area (Å²) in [5.41, 5.74) is -0.466. The number of sulfone groups is 1. The van der Waals surface area contributed by atoms with E-state index >= 15 is 0 Å². The van der Waals surface area contributed by atoms with Crippen molar-refractivity contribution in [3.05, 3.63) is 69.9 Å². The maximum Gasteiger partial charge on any atom is 0.417 e. The highest BCUT2D eigenvalue weighted by atomic mass is 35.5. The molecule has 1 atom stereocenters. The van der Waals surface area contributed by atoms with Gasteiger partial charge in [0.25, 0.3) is 0 Å². The zero-order valence-electron chi connectivity index (χ0n) is 17.7. The van der Waals surface area contributed by atoms with Crippen LogP contribution in [0.3, 0.4) is 0 Å². The quantitative estimate of drug-likeness (QED) is 0.425. The molecule has 0 saturated carbocycles. The van der Waals surface area contributed by atoms with Crippen LogP contribution in [0.2, 0.25) is 5.02 Å². The van der Waals surface area contributed by atoms with E-state index in [9.17, 15) is 41.4 Å². The lowest BCUT2D eigenvalue weighted by Gasteiger charge is -2.19. The van der Waals surface area contributed by atoms with E-state index < -0.39 is 54.4 Å². The molecule has 4 rings (SSSR count). The molecule has 35 heavy (non-hydrogen) atoms. The Kier molecular flexibility index (Phi) is 6.18. The molecular weight excluding hydrogens is 511 g/mol. The molecule has 7 nitrogen and oxygen atoms in total. The van der Waals surface area contributed by atoms with Crippen molar-refractivity contribution in [1.29, 1.82) is 0 Å². The second-order valence-electron chi connectivity index (χ2n) is 8.06. The molecule has 0 fully saturated rings. The first-order chi connectivity index (χ1) is 16.3. The minimum Gasteiger partial charge on any atom is -0.481 e. The number of H-pyrrole nitrogens is 1. The first-order valence-electron chi connectivity index (χ1n) is 10.2. The number of carboxylic acid groups (broad SMARTS) is 2. The number of nitrogens with one attached hydrogen (secondary N) is 1. The van der Waals surface area contributed by atoms with Crippen LogP contribution in [0.15, 0.2) is 52.4 Å². The number of alkyl halides is 3. The monoisotopic (exact) mass is 527 g/mol. The van der Waals surface area contributed by atoms with Gasteiger partial charge in [-0.05, 0) is 48.2 Å². The summed E-state index contributed by atoms with van der Waals surface area (Å²) in [7, 11) is -4.89. The molecular formula is C23H17ClF3NO6S. The highest BCUT2D eigenvalue weighted by Gasteiger charge is 2.41. The standard InChI is InChI=1S/C23H17ClF3NO6S/c24-16-3-1-2-15(23(25,26)27)19(16)35(33,34)20-18(11-4-6-12(7-5-11)21(29)30)14-9-8-13(22(31)32)10-17(14)28-20/h1-7,13,28H,8-10H2,(H,29,30)(H,31,32). The molecule has 1 aliphatic rings. The zero-order chi connectivity index (χ0) is 25.7. The van der Waals surface area contributed by atoms with Gasteiger partial charge in [0.15, 0.2) is 0 Å². The fourth-order valence-corrected chi connectivity index (χ4v) is 6.53. The van der Waals surface area contributed by atoms with Gasteiger partial charge < -0.3 is 15.2 Å². The first kappa shape index (κ1) is 24.8. The number of carbonyl (C=O) groups is 2.